The Kier molecular flexibility index (Phi) is 3.20. The second kappa shape index (κ2) is 4.04. The number of nitro groups is 1. The molecule has 1 rings (SSSR count). The molecule has 78 valence electrons. The Morgan fingerprint density at radius 1 is 1.71 bits per heavy atom. The molecule has 0 aromatic carbocycles. The van der Waals surface area contributed by atoms with Gasteiger partial charge in [-0.15, -0.1) is 0 Å². The lowest BCUT2D eigenvalue weighted by molar-refractivity contribution is -0.380. The van der Waals surface area contributed by atoms with Crippen LogP contribution in [-0.4, -0.2) is 22.2 Å². The maximum Gasteiger partial charge on any atom is 0.324 e. The van der Waals surface area contributed by atoms with Gasteiger partial charge < -0.3 is 10.8 Å². The molecule has 0 amide bonds. The van der Waals surface area contributed by atoms with Crippen molar-refractivity contribution in [3.05, 3.63) is 27.1 Å². The molecule has 0 bridgehead atoms. The Labute approximate surface area is 85.3 Å². The highest BCUT2D eigenvalue weighted by Gasteiger charge is 2.20. The van der Waals surface area contributed by atoms with Crippen LogP contribution in [0.15, 0.2) is 12.1 Å². The van der Waals surface area contributed by atoms with Gasteiger partial charge >= 0.3 is 5.00 Å². The molecule has 3 N–H and O–H groups in total. The topological polar surface area (TPSA) is 89.4 Å². The molecule has 1 aromatic rings. The van der Waals surface area contributed by atoms with E-state index in [1.165, 1.54) is 6.07 Å². The summed E-state index contributed by atoms with van der Waals surface area (Å²) in [7, 11) is 0. The molecule has 0 saturated carbocycles. The Morgan fingerprint density at radius 2 is 2.36 bits per heavy atom. The highest BCUT2D eigenvalue weighted by atomic mass is 32.1. The lowest BCUT2D eigenvalue weighted by Gasteiger charge is -2.19. The minimum absolute atomic E-state index is 0.105. The van der Waals surface area contributed by atoms with Crippen molar-refractivity contribution in [3.8, 4) is 0 Å². The first kappa shape index (κ1) is 11.1. The third-order valence-electron chi connectivity index (χ3n) is 1.77. The number of rotatable bonds is 4. The van der Waals surface area contributed by atoms with Crippen LogP contribution in [0.5, 0.6) is 0 Å². The molecule has 5 nitrogen and oxygen atoms in total. The fraction of sp³-hybridized carbons (Fsp3) is 0.500. The summed E-state index contributed by atoms with van der Waals surface area (Å²) in [4.78, 5) is 10.8. The highest BCUT2D eigenvalue weighted by molar-refractivity contribution is 7.15. The number of hydrogen-bond acceptors (Lipinski definition) is 5. The maximum absolute atomic E-state index is 10.4. The minimum Gasteiger partial charge on any atom is -0.394 e. The Morgan fingerprint density at radius 3 is 2.79 bits per heavy atom. The van der Waals surface area contributed by atoms with Gasteiger partial charge in [-0.3, -0.25) is 10.1 Å². The van der Waals surface area contributed by atoms with Crippen LogP contribution < -0.4 is 5.73 Å². The van der Waals surface area contributed by atoms with E-state index in [0.29, 0.717) is 6.42 Å². The summed E-state index contributed by atoms with van der Waals surface area (Å²) in [6, 6.07) is 3.12. The predicted molar refractivity (Wildman–Crippen MR) is 54.4 cm³/mol. The quantitative estimate of drug-likeness (QED) is 0.578. The van der Waals surface area contributed by atoms with E-state index < -0.39 is 10.5 Å². The summed E-state index contributed by atoms with van der Waals surface area (Å²) in [5, 5.41) is 19.4. The number of thiophene rings is 1. The molecule has 1 heterocycles. The highest BCUT2D eigenvalue weighted by Crippen LogP contribution is 2.26. The van der Waals surface area contributed by atoms with Crippen LogP contribution in [0.2, 0.25) is 0 Å². The van der Waals surface area contributed by atoms with E-state index >= 15 is 0 Å². The number of aliphatic hydroxyl groups is 1. The van der Waals surface area contributed by atoms with Crippen LogP contribution in [0, 0.1) is 10.1 Å². The first-order valence-electron chi connectivity index (χ1n) is 4.07. The maximum atomic E-state index is 10.4. The lowest BCUT2D eigenvalue weighted by atomic mass is 10.00. The van der Waals surface area contributed by atoms with Crippen LogP contribution in [-0.2, 0) is 6.42 Å². The van der Waals surface area contributed by atoms with Crippen molar-refractivity contribution < 1.29 is 10.0 Å². The summed E-state index contributed by atoms with van der Waals surface area (Å²) in [6.07, 6.45) is 0.446. The van der Waals surface area contributed by atoms with E-state index in [2.05, 4.69) is 0 Å². The van der Waals surface area contributed by atoms with Crippen LogP contribution >= 0.6 is 11.3 Å². The Bertz CT molecular complexity index is 335. The van der Waals surface area contributed by atoms with Gasteiger partial charge in [0.1, 0.15) is 0 Å². The van der Waals surface area contributed by atoms with Crippen molar-refractivity contribution in [2.24, 2.45) is 5.73 Å². The van der Waals surface area contributed by atoms with Crippen LogP contribution in [0.3, 0.4) is 0 Å². The second-order valence-corrected chi connectivity index (χ2v) is 4.63. The van der Waals surface area contributed by atoms with Crippen molar-refractivity contribution in [2.45, 2.75) is 18.9 Å². The Hall–Kier alpha value is -0.980. The van der Waals surface area contributed by atoms with Crippen LogP contribution in [0.25, 0.3) is 0 Å². The summed E-state index contributed by atoms with van der Waals surface area (Å²) in [6.45, 7) is 1.57. The SMILES string of the molecule is CC(N)(CO)Cc1ccc([N+](=O)[O-])s1. The monoisotopic (exact) mass is 216 g/mol. The molecule has 0 fully saturated rings. The van der Waals surface area contributed by atoms with Gasteiger partial charge in [0.05, 0.1) is 11.5 Å². The zero-order valence-electron chi connectivity index (χ0n) is 7.77. The van der Waals surface area contributed by atoms with Gasteiger partial charge in [-0.1, -0.05) is 11.3 Å². The number of aliphatic hydroxyl groups excluding tert-OH is 1. The summed E-state index contributed by atoms with van der Waals surface area (Å²) in [5.41, 5.74) is 5.01. The van der Waals surface area contributed by atoms with Crippen LogP contribution in [0.1, 0.15) is 11.8 Å². The smallest absolute Gasteiger partial charge is 0.324 e. The van der Waals surface area contributed by atoms with Gasteiger partial charge in [-0.25, -0.2) is 0 Å². The molecular formula is C8H12N2O3S. The van der Waals surface area contributed by atoms with Gasteiger partial charge in [-0.2, -0.15) is 0 Å². The number of nitrogens with two attached hydrogens (primary N) is 1. The zero-order valence-corrected chi connectivity index (χ0v) is 8.58. The molecule has 0 spiro atoms. The average Bonchev–Trinajstić information content (AvgIpc) is 2.52. The van der Waals surface area contributed by atoms with Gasteiger partial charge in [-0.05, 0) is 13.0 Å². The fourth-order valence-electron chi connectivity index (χ4n) is 1.01. The van der Waals surface area contributed by atoms with Crippen molar-refractivity contribution in [2.75, 3.05) is 6.61 Å². The summed E-state index contributed by atoms with van der Waals surface area (Å²) in [5.74, 6) is 0. The van der Waals surface area contributed by atoms with Gasteiger partial charge in [0, 0.05) is 22.9 Å². The molecule has 14 heavy (non-hydrogen) atoms. The normalized spacial score (nSPS) is 15.1. The van der Waals surface area contributed by atoms with E-state index in [4.69, 9.17) is 10.8 Å². The zero-order chi connectivity index (χ0) is 10.8. The van der Waals surface area contributed by atoms with Gasteiger partial charge in [0.25, 0.3) is 0 Å². The van der Waals surface area contributed by atoms with E-state index in [9.17, 15) is 10.1 Å². The summed E-state index contributed by atoms with van der Waals surface area (Å²) < 4.78 is 0. The first-order valence-corrected chi connectivity index (χ1v) is 4.89. The van der Waals surface area contributed by atoms with Crippen molar-refractivity contribution in [3.63, 3.8) is 0 Å². The molecule has 0 saturated heterocycles. The average molecular weight is 216 g/mol. The van der Waals surface area contributed by atoms with Crippen molar-refractivity contribution in [1.82, 2.24) is 0 Å². The summed E-state index contributed by atoms with van der Waals surface area (Å²) >= 11 is 1.09. The minimum atomic E-state index is -0.710. The van der Waals surface area contributed by atoms with Crippen LogP contribution in [0.4, 0.5) is 5.00 Å². The molecule has 0 aliphatic carbocycles. The fourth-order valence-corrected chi connectivity index (χ4v) is 2.03. The third kappa shape index (κ3) is 2.76. The van der Waals surface area contributed by atoms with E-state index in [0.717, 1.165) is 16.2 Å². The molecule has 0 radical (unpaired) electrons. The molecule has 1 aromatic heterocycles. The van der Waals surface area contributed by atoms with Gasteiger partial charge in [0.2, 0.25) is 0 Å². The molecular weight excluding hydrogens is 204 g/mol. The molecule has 1 atom stereocenters. The standard InChI is InChI=1S/C8H12N2O3S/c1-8(9,5-11)4-6-2-3-7(14-6)10(12)13/h2-3,11H,4-5,9H2,1H3. The number of hydrogen-bond donors (Lipinski definition) is 2. The number of nitrogens with zero attached hydrogens (tertiary/aromatic N) is 1. The van der Waals surface area contributed by atoms with Crippen molar-refractivity contribution >= 4 is 16.3 Å². The van der Waals surface area contributed by atoms with E-state index in [1.54, 1.807) is 13.0 Å². The molecule has 6 heteroatoms. The molecule has 0 aliphatic rings. The van der Waals surface area contributed by atoms with E-state index in [1.807, 2.05) is 0 Å². The molecule has 1 unspecified atom stereocenters. The van der Waals surface area contributed by atoms with Crippen molar-refractivity contribution in [1.29, 1.82) is 0 Å². The molecule has 0 aliphatic heterocycles. The van der Waals surface area contributed by atoms with Gasteiger partial charge in [0.15, 0.2) is 0 Å². The lowest BCUT2D eigenvalue weighted by Crippen LogP contribution is -2.42. The third-order valence-corrected chi connectivity index (χ3v) is 2.80. The Balaban J connectivity index is 2.73. The largest absolute Gasteiger partial charge is 0.394 e. The second-order valence-electron chi connectivity index (χ2n) is 3.49. The van der Waals surface area contributed by atoms with E-state index in [-0.39, 0.29) is 11.6 Å². The first-order chi connectivity index (χ1) is 6.44. The predicted octanol–water partition coefficient (Wildman–Crippen LogP) is 0.909.